The molecule has 0 atom stereocenters. The molecular weight excluding hydrogens is 464 g/mol. The van der Waals surface area contributed by atoms with Gasteiger partial charge in [-0.15, -0.1) is 0 Å². The number of rotatable bonds is 5. The minimum atomic E-state index is -3.33. The van der Waals surface area contributed by atoms with Gasteiger partial charge in [0.15, 0.2) is 0 Å². The molecule has 180 valence electrons. The van der Waals surface area contributed by atoms with Gasteiger partial charge in [0.25, 0.3) is 5.91 Å². The summed E-state index contributed by atoms with van der Waals surface area (Å²) in [7, 11) is -1.78. The number of halogens is 2. The second kappa shape index (κ2) is 9.19. The van der Waals surface area contributed by atoms with Gasteiger partial charge in [0, 0.05) is 37.9 Å². The molecule has 4 rings (SSSR count). The van der Waals surface area contributed by atoms with E-state index in [-0.39, 0.29) is 37.8 Å². The lowest BCUT2D eigenvalue weighted by atomic mass is 10.1. The van der Waals surface area contributed by atoms with Crippen LogP contribution in [0.2, 0.25) is 0 Å². The van der Waals surface area contributed by atoms with Crippen LogP contribution in [0, 0.1) is 18.6 Å². The van der Waals surface area contributed by atoms with Crippen molar-refractivity contribution < 1.29 is 26.7 Å². The average Bonchev–Trinajstić information content (AvgIpc) is 3.15. The first-order valence-corrected chi connectivity index (χ1v) is 12.5. The minimum absolute atomic E-state index is 0.116. The van der Waals surface area contributed by atoms with E-state index in [1.54, 1.807) is 53.8 Å². The molecule has 0 saturated carbocycles. The van der Waals surface area contributed by atoms with Crippen LogP contribution in [-0.2, 0) is 10.0 Å². The first kappa shape index (κ1) is 23.9. The predicted octanol–water partition coefficient (Wildman–Crippen LogP) is 3.46. The lowest BCUT2D eigenvalue weighted by Crippen LogP contribution is -2.50. The summed E-state index contributed by atoms with van der Waals surface area (Å²) in [5.74, 6) is -1.08. The number of benzene rings is 2. The van der Waals surface area contributed by atoms with Crippen molar-refractivity contribution in [1.29, 1.82) is 0 Å². The van der Waals surface area contributed by atoms with E-state index in [9.17, 15) is 22.0 Å². The highest BCUT2D eigenvalue weighted by Crippen LogP contribution is 2.32. The lowest BCUT2D eigenvalue weighted by molar-refractivity contribution is 0.0697. The fourth-order valence-electron chi connectivity index (χ4n) is 4.16. The zero-order valence-electron chi connectivity index (χ0n) is 19.1. The third kappa shape index (κ3) is 4.55. The molecule has 10 heteroatoms. The SMILES string of the molecule is COc1ccc(-c2cc(C(=O)N3CCN(S(C)(=O)=O)CC3)c(C)n2-c2ccc(F)cc2F)cc1. The maximum Gasteiger partial charge on any atom is 0.255 e. The lowest BCUT2D eigenvalue weighted by Gasteiger charge is -2.33. The molecule has 0 unspecified atom stereocenters. The molecule has 0 radical (unpaired) electrons. The van der Waals surface area contributed by atoms with Crippen molar-refractivity contribution in [2.24, 2.45) is 0 Å². The molecule has 3 aromatic rings. The number of aromatic nitrogens is 1. The van der Waals surface area contributed by atoms with Gasteiger partial charge in [0.2, 0.25) is 10.0 Å². The summed E-state index contributed by atoms with van der Waals surface area (Å²) in [6.45, 7) is 2.62. The highest BCUT2D eigenvalue weighted by atomic mass is 32.2. The Balaban J connectivity index is 1.77. The Morgan fingerprint density at radius 3 is 2.18 bits per heavy atom. The molecule has 0 N–H and O–H groups in total. The molecule has 1 fully saturated rings. The van der Waals surface area contributed by atoms with Crippen LogP contribution in [0.5, 0.6) is 5.75 Å². The summed E-state index contributed by atoms with van der Waals surface area (Å²) < 4.78 is 60.1. The Morgan fingerprint density at radius 1 is 0.971 bits per heavy atom. The Morgan fingerprint density at radius 2 is 1.62 bits per heavy atom. The van der Waals surface area contributed by atoms with E-state index in [2.05, 4.69) is 0 Å². The third-order valence-electron chi connectivity index (χ3n) is 6.01. The van der Waals surface area contributed by atoms with Crippen molar-refractivity contribution in [2.45, 2.75) is 6.92 Å². The van der Waals surface area contributed by atoms with Crippen LogP contribution in [0.25, 0.3) is 16.9 Å². The van der Waals surface area contributed by atoms with Crippen LogP contribution in [0.3, 0.4) is 0 Å². The maximum absolute atomic E-state index is 14.8. The van der Waals surface area contributed by atoms with E-state index < -0.39 is 21.7 Å². The van der Waals surface area contributed by atoms with E-state index in [1.807, 2.05) is 0 Å². The Bertz CT molecular complexity index is 1330. The van der Waals surface area contributed by atoms with Crippen molar-refractivity contribution in [2.75, 3.05) is 39.5 Å². The normalized spacial score (nSPS) is 14.9. The van der Waals surface area contributed by atoms with Crippen LogP contribution in [0.1, 0.15) is 16.1 Å². The monoisotopic (exact) mass is 489 g/mol. The maximum atomic E-state index is 14.8. The van der Waals surface area contributed by atoms with Crippen LogP contribution in [0.15, 0.2) is 48.5 Å². The smallest absolute Gasteiger partial charge is 0.255 e. The summed E-state index contributed by atoms with van der Waals surface area (Å²) in [5, 5.41) is 0. The highest BCUT2D eigenvalue weighted by molar-refractivity contribution is 7.88. The van der Waals surface area contributed by atoms with Gasteiger partial charge in [-0.25, -0.2) is 17.2 Å². The van der Waals surface area contributed by atoms with Gasteiger partial charge in [-0.3, -0.25) is 4.79 Å². The molecule has 7 nitrogen and oxygen atoms in total. The van der Waals surface area contributed by atoms with Crippen molar-refractivity contribution >= 4 is 15.9 Å². The molecule has 0 bridgehead atoms. The molecule has 1 aromatic heterocycles. The number of methoxy groups -OCH3 is 1. The molecule has 34 heavy (non-hydrogen) atoms. The van der Waals surface area contributed by atoms with Gasteiger partial charge < -0.3 is 14.2 Å². The average molecular weight is 490 g/mol. The number of hydrogen-bond donors (Lipinski definition) is 0. The van der Waals surface area contributed by atoms with Gasteiger partial charge in [-0.05, 0) is 55.0 Å². The number of carbonyl (C=O) groups excluding carboxylic acids is 1. The first-order chi connectivity index (χ1) is 16.1. The van der Waals surface area contributed by atoms with Crippen molar-refractivity contribution in [1.82, 2.24) is 13.8 Å². The van der Waals surface area contributed by atoms with Gasteiger partial charge >= 0.3 is 0 Å². The Hall–Kier alpha value is -3.24. The number of nitrogens with zero attached hydrogens (tertiary/aromatic N) is 3. The van der Waals surface area contributed by atoms with E-state index in [0.717, 1.165) is 12.3 Å². The summed E-state index contributed by atoms with van der Waals surface area (Å²) in [5.41, 5.74) is 2.25. The minimum Gasteiger partial charge on any atom is -0.497 e. The summed E-state index contributed by atoms with van der Waals surface area (Å²) >= 11 is 0. The second-order valence-corrected chi connectivity index (χ2v) is 10.1. The summed E-state index contributed by atoms with van der Waals surface area (Å²) in [4.78, 5) is 15.0. The number of carbonyl (C=O) groups is 1. The fourth-order valence-corrected chi connectivity index (χ4v) is 4.99. The zero-order valence-corrected chi connectivity index (χ0v) is 19.9. The van der Waals surface area contributed by atoms with Gasteiger partial charge in [0.1, 0.15) is 17.4 Å². The van der Waals surface area contributed by atoms with Gasteiger partial charge in [-0.2, -0.15) is 4.31 Å². The number of ether oxygens (including phenoxy) is 1. The van der Waals surface area contributed by atoms with Crippen LogP contribution in [-0.4, -0.2) is 67.6 Å². The number of hydrogen-bond acceptors (Lipinski definition) is 4. The molecule has 1 aliphatic heterocycles. The molecule has 1 aliphatic rings. The molecule has 1 amide bonds. The van der Waals surface area contributed by atoms with E-state index in [0.29, 0.717) is 28.3 Å². The number of piperazine rings is 1. The van der Waals surface area contributed by atoms with Crippen LogP contribution < -0.4 is 4.74 Å². The third-order valence-corrected chi connectivity index (χ3v) is 7.31. The van der Waals surface area contributed by atoms with Crippen molar-refractivity contribution in [3.8, 4) is 22.7 Å². The quantitative estimate of drug-likeness (QED) is 0.551. The molecule has 2 heterocycles. The predicted molar refractivity (Wildman–Crippen MR) is 125 cm³/mol. The van der Waals surface area contributed by atoms with Gasteiger partial charge in [0.05, 0.1) is 30.3 Å². The number of sulfonamides is 1. The van der Waals surface area contributed by atoms with Crippen molar-refractivity contribution in [3.05, 3.63) is 71.4 Å². The molecule has 0 aliphatic carbocycles. The molecular formula is C24H25F2N3O4S. The highest BCUT2D eigenvalue weighted by Gasteiger charge is 2.29. The number of amides is 1. The second-order valence-electron chi connectivity index (χ2n) is 8.14. The Labute approximate surface area is 197 Å². The molecule has 2 aromatic carbocycles. The van der Waals surface area contributed by atoms with Crippen molar-refractivity contribution in [3.63, 3.8) is 0 Å². The van der Waals surface area contributed by atoms with Gasteiger partial charge in [-0.1, -0.05) is 0 Å². The van der Waals surface area contributed by atoms with Crippen LogP contribution >= 0.6 is 0 Å². The largest absolute Gasteiger partial charge is 0.497 e. The van der Waals surface area contributed by atoms with E-state index >= 15 is 0 Å². The van der Waals surface area contributed by atoms with E-state index in [1.165, 1.54) is 16.4 Å². The van der Waals surface area contributed by atoms with Crippen LogP contribution in [0.4, 0.5) is 8.78 Å². The zero-order chi connectivity index (χ0) is 24.6. The molecule has 0 spiro atoms. The standard InChI is InChI=1S/C24H25F2N3O4S/c1-16-20(24(30)27-10-12-28(13-11-27)34(3,31)32)15-23(17-4-7-19(33-2)8-5-17)29(16)22-9-6-18(25)14-21(22)26/h4-9,14-15H,10-13H2,1-3H3. The first-order valence-electron chi connectivity index (χ1n) is 10.7. The fraction of sp³-hybridized carbons (Fsp3) is 0.292. The Kier molecular flexibility index (Phi) is 6.46. The summed E-state index contributed by atoms with van der Waals surface area (Å²) in [6, 6.07) is 12.1. The topological polar surface area (TPSA) is 71.8 Å². The summed E-state index contributed by atoms with van der Waals surface area (Å²) in [6.07, 6.45) is 1.15. The molecule has 1 saturated heterocycles. The van der Waals surface area contributed by atoms with E-state index in [4.69, 9.17) is 4.74 Å².